The van der Waals surface area contributed by atoms with Crippen LogP contribution in [0.1, 0.15) is 24.4 Å². The number of hydrogen-bond donors (Lipinski definition) is 2. The highest BCUT2D eigenvalue weighted by atomic mass is 127. The zero-order chi connectivity index (χ0) is 14.5. The number of aliphatic imine (C=N–C) groups is 1. The van der Waals surface area contributed by atoms with Gasteiger partial charge in [0.05, 0.1) is 6.04 Å². The first-order valence-corrected chi connectivity index (χ1v) is 6.99. The fraction of sp³-hybridized carbons (Fsp3) is 0.533. The molecule has 0 aromatic heterocycles. The molecule has 118 valence electrons. The highest BCUT2D eigenvalue weighted by molar-refractivity contribution is 14.0. The molecule has 2 N–H and O–H groups in total. The van der Waals surface area contributed by atoms with E-state index >= 15 is 0 Å². The van der Waals surface area contributed by atoms with Gasteiger partial charge in [-0.15, -0.1) is 24.0 Å². The van der Waals surface area contributed by atoms with E-state index in [2.05, 4.69) is 20.5 Å². The minimum absolute atomic E-state index is 0. The van der Waals surface area contributed by atoms with Crippen LogP contribution in [0.2, 0.25) is 0 Å². The van der Waals surface area contributed by atoms with Crippen molar-refractivity contribution in [2.45, 2.75) is 24.9 Å². The van der Waals surface area contributed by atoms with Crippen molar-refractivity contribution < 1.29 is 4.39 Å². The van der Waals surface area contributed by atoms with Crippen LogP contribution in [0.5, 0.6) is 0 Å². The average molecular weight is 406 g/mol. The van der Waals surface area contributed by atoms with Gasteiger partial charge in [0.15, 0.2) is 5.96 Å². The third kappa shape index (κ3) is 5.78. The summed E-state index contributed by atoms with van der Waals surface area (Å²) in [7, 11) is 5.76. The summed E-state index contributed by atoms with van der Waals surface area (Å²) in [6.07, 6.45) is 2.42. The van der Waals surface area contributed by atoms with Crippen LogP contribution in [-0.4, -0.2) is 44.6 Å². The number of hydrogen-bond acceptors (Lipinski definition) is 2. The maximum Gasteiger partial charge on any atom is 0.191 e. The fourth-order valence-corrected chi connectivity index (χ4v) is 2.12. The van der Waals surface area contributed by atoms with Gasteiger partial charge in [-0.3, -0.25) is 4.99 Å². The topological polar surface area (TPSA) is 39.7 Å². The molecule has 1 aliphatic carbocycles. The van der Waals surface area contributed by atoms with Crippen molar-refractivity contribution in [1.82, 2.24) is 15.5 Å². The summed E-state index contributed by atoms with van der Waals surface area (Å²) in [4.78, 5) is 6.29. The van der Waals surface area contributed by atoms with Gasteiger partial charge in [0.2, 0.25) is 0 Å². The first-order valence-electron chi connectivity index (χ1n) is 6.99. The number of nitrogens with one attached hydrogen (secondary N) is 2. The molecule has 1 atom stereocenters. The summed E-state index contributed by atoms with van der Waals surface area (Å²) in [5.41, 5.74) is 0.962. The maximum absolute atomic E-state index is 13.4. The lowest BCUT2D eigenvalue weighted by Gasteiger charge is -2.26. The van der Waals surface area contributed by atoms with Gasteiger partial charge in [-0.1, -0.05) is 12.1 Å². The Hall–Kier alpha value is -0.890. The monoisotopic (exact) mass is 406 g/mol. The minimum atomic E-state index is -0.199. The standard InChI is InChI=1S/C15H23FN4.HI/c1-17-15(19-13-7-8-13)18-10-14(20(2)3)11-5-4-6-12(16)9-11;/h4-6,9,13-14H,7-8,10H2,1-3H3,(H2,17,18,19);1H. The first kappa shape index (κ1) is 18.2. The summed E-state index contributed by atoms with van der Waals surface area (Å²) >= 11 is 0. The number of halogens is 2. The maximum atomic E-state index is 13.4. The second-order valence-electron chi connectivity index (χ2n) is 5.41. The van der Waals surface area contributed by atoms with Crippen molar-refractivity contribution in [3.8, 4) is 0 Å². The molecule has 0 heterocycles. The van der Waals surface area contributed by atoms with E-state index in [1.165, 1.54) is 18.9 Å². The van der Waals surface area contributed by atoms with E-state index in [0.717, 1.165) is 11.5 Å². The molecule has 1 aromatic rings. The third-order valence-electron chi connectivity index (χ3n) is 3.46. The molecule has 0 aliphatic heterocycles. The van der Waals surface area contributed by atoms with E-state index in [0.29, 0.717) is 12.6 Å². The summed E-state index contributed by atoms with van der Waals surface area (Å²) in [6.45, 7) is 0.683. The van der Waals surface area contributed by atoms with Crippen LogP contribution in [0.3, 0.4) is 0 Å². The van der Waals surface area contributed by atoms with Crippen LogP contribution in [0, 0.1) is 5.82 Å². The molecule has 4 nitrogen and oxygen atoms in total. The highest BCUT2D eigenvalue weighted by Gasteiger charge is 2.23. The molecule has 2 rings (SSSR count). The molecular formula is C15H24FIN4. The Balaban J connectivity index is 0.00000220. The Morgan fingerprint density at radius 2 is 2.14 bits per heavy atom. The Labute approximate surface area is 143 Å². The molecule has 1 aliphatic rings. The van der Waals surface area contributed by atoms with Crippen LogP contribution >= 0.6 is 24.0 Å². The lowest BCUT2D eigenvalue weighted by Crippen LogP contribution is -2.42. The number of nitrogens with zero attached hydrogens (tertiary/aromatic N) is 2. The summed E-state index contributed by atoms with van der Waals surface area (Å²) in [5, 5.41) is 6.66. The van der Waals surface area contributed by atoms with E-state index in [4.69, 9.17) is 0 Å². The van der Waals surface area contributed by atoms with Crippen molar-refractivity contribution in [1.29, 1.82) is 0 Å². The summed E-state index contributed by atoms with van der Waals surface area (Å²) in [6, 6.07) is 7.42. The fourth-order valence-electron chi connectivity index (χ4n) is 2.12. The molecule has 6 heteroatoms. The summed E-state index contributed by atoms with van der Waals surface area (Å²) < 4.78 is 13.4. The van der Waals surface area contributed by atoms with Crippen molar-refractivity contribution in [2.75, 3.05) is 27.7 Å². The second kappa shape index (κ2) is 8.53. The minimum Gasteiger partial charge on any atom is -0.354 e. The van der Waals surface area contributed by atoms with E-state index in [-0.39, 0.29) is 35.8 Å². The van der Waals surface area contributed by atoms with Gasteiger partial charge < -0.3 is 15.5 Å². The zero-order valence-corrected chi connectivity index (χ0v) is 15.1. The predicted molar refractivity (Wildman–Crippen MR) is 95.8 cm³/mol. The number of benzene rings is 1. The molecule has 1 fully saturated rings. The molecule has 1 unspecified atom stereocenters. The molecular weight excluding hydrogens is 382 g/mol. The number of likely N-dealkylation sites (N-methyl/N-ethyl adjacent to an activating group) is 1. The Morgan fingerprint density at radius 1 is 1.43 bits per heavy atom. The van der Waals surface area contributed by atoms with E-state index in [1.54, 1.807) is 19.2 Å². The van der Waals surface area contributed by atoms with E-state index < -0.39 is 0 Å². The number of rotatable bonds is 5. The van der Waals surface area contributed by atoms with Gasteiger partial charge in [0.25, 0.3) is 0 Å². The molecule has 21 heavy (non-hydrogen) atoms. The average Bonchev–Trinajstić information content (AvgIpc) is 3.21. The van der Waals surface area contributed by atoms with Crippen molar-refractivity contribution >= 4 is 29.9 Å². The van der Waals surface area contributed by atoms with Crippen molar-refractivity contribution in [3.05, 3.63) is 35.6 Å². The van der Waals surface area contributed by atoms with Crippen LogP contribution in [0.15, 0.2) is 29.3 Å². The van der Waals surface area contributed by atoms with Crippen LogP contribution in [0.4, 0.5) is 4.39 Å². The SMILES string of the molecule is CN=C(NCC(c1cccc(F)c1)N(C)C)NC1CC1.I. The molecule has 1 aromatic carbocycles. The smallest absolute Gasteiger partial charge is 0.191 e. The predicted octanol–water partition coefficient (Wildman–Crippen LogP) is 2.37. The van der Waals surface area contributed by atoms with Gasteiger partial charge in [0, 0.05) is 19.6 Å². The van der Waals surface area contributed by atoms with Crippen LogP contribution < -0.4 is 10.6 Å². The Morgan fingerprint density at radius 3 is 2.67 bits per heavy atom. The third-order valence-corrected chi connectivity index (χ3v) is 3.46. The van der Waals surface area contributed by atoms with Gasteiger partial charge in [-0.2, -0.15) is 0 Å². The lowest BCUT2D eigenvalue weighted by molar-refractivity contribution is 0.297. The Kier molecular flexibility index (Phi) is 7.37. The van der Waals surface area contributed by atoms with Gasteiger partial charge >= 0.3 is 0 Å². The van der Waals surface area contributed by atoms with E-state index in [9.17, 15) is 4.39 Å². The van der Waals surface area contributed by atoms with Crippen LogP contribution in [-0.2, 0) is 0 Å². The van der Waals surface area contributed by atoms with Crippen molar-refractivity contribution in [3.63, 3.8) is 0 Å². The Bertz CT molecular complexity index is 474. The number of guanidine groups is 1. The normalized spacial score (nSPS) is 16.3. The second-order valence-corrected chi connectivity index (χ2v) is 5.41. The van der Waals surface area contributed by atoms with Gasteiger partial charge in [-0.25, -0.2) is 4.39 Å². The molecule has 0 spiro atoms. The lowest BCUT2D eigenvalue weighted by atomic mass is 10.1. The molecule has 0 bridgehead atoms. The summed E-state index contributed by atoms with van der Waals surface area (Å²) in [5.74, 6) is 0.616. The first-order chi connectivity index (χ1) is 9.60. The van der Waals surface area contributed by atoms with Crippen molar-refractivity contribution in [2.24, 2.45) is 4.99 Å². The van der Waals surface area contributed by atoms with Gasteiger partial charge in [-0.05, 0) is 44.6 Å². The molecule has 0 radical (unpaired) electrons. The van der Waals surface area contributed by atoms with Gasteiger partial charge in [0.1, 0.15) is 5.82 Å². The molecule has 0 saturated heterocycles. The quantitative estimate of drug-likeness (QED) is 0.448. The molecule has 1 saturated carbocycles. The van der Waals surface area contributed by atoms with Crippen LogP contribution in [0.25, 0.3) is 0 Å². The highest BCUT2D eigenvalue weighted by Crippen LogP contribution is 2.19. The molecule has 0 amide bonds. The largest absolute Gasteiger partial charge is 0.354 e. The van der Waals surface area contributed by atoms with E-state index in [1.807, 2.05) is 20.2 Å². The zero-order valence-electron chi connectivity index (χ0n) is 12.8.